The Bertz CT molecular complexity index is 136. The predicted molar refractivity (Wildman–Crippen MR) is 43.3 cm³/mol. The van der Waals surface area contributed by atoms with Gasteiger partial charge in [-0.25, -0.2) is 0 Å². The molecule has 0 spiro atoms. The van der Waals surface area contributed by atoms with Gasteiger partial charge in [0.25, 0.3) is 0 Å². The molecule has 70 valence electrons. The lowest BCUT2D eigenvalue weighted by molar-refractivity contribution is -0.343. The number of hydroxylamine groups is 2. The van der Waals surface area contributed by atoms with Crippen molar-refractivity contribution < 1.29 is 14.8 Å². The van der Waals surface area contributed by atoms with Gasteiger partial charge in [-0.05, 0) is 18.8 Å². The van der Waals surface area contributed by atoms with Crippen LogP contribution in [-0.2, 0) is 9.57 Å². The van der Waals surface area contributed by atoms with E-state index in [2.05, 4.69) is 6.58 Å². The third-order valence-electron chi connectivity index (χ3n) is 1.67. The predicted octanol–water partition coefficient (Wildman–Crippen LogP) is 1.18. The van der Waals surface area contributed by atoms with Crippen LogP contribution in [0.5, 0.6) is 0 Å². The second kappa shape index (κ2) is 5.13. The monoisotopic (exact) mass is 173 g/mol. The topological polar surface area (TPSA) is 41.9 Å². The molecule has 1 fully saturated rings. The third kappa shape index (κ3) is 4.33. The standard InChI is InChI=1S/C8H15NO3/c1-2-11-6-5-9(10)12-7-8-3-4-8/h2,8,10H,1,3-7H2. The van der Waals surface area contributed by atoms with Crippen LogP contribution in [0.25, 0.3) is 0 Å². The van der Waals surface area contributed by atoms with Gasteiger partial charge in [-0.2, -0.15) is 0 Å². The fourth-order valence-electron chi connectivity index (χ4n) is 0.755. The average Bonchev–Trinajstić information content (AvgIpc) is 2.84. The van der Waals surface area contributed by atoms with E-state index in [4.69, 9.17) is 14.8 Å². The fraction of sp³-hybridized carbons (Fsp3) is 0.750. The van der Waals surface area contributed by atoms with E-state index in [1.165, 1.54) is 19.1 Å². The summed E-state index contributed by atoms with van der Waals surface area (Å²) >= 11 is 0. The number of hydrogen-bond acceptors (Lipinski definition) is 4. The van der Waals surface area contributed by atoms with Crippen LogP contribution in [0.2, 0.25) is 0 Å². The summed E-state index contributed by atoms with van der Waals surface area (Å²) in [5, 5.41) is 9.87. The third-order valence-corrected chi connectivity index (χ3v) is 1.67. The highest BCUT2D eigenvalue weighted by atomic mass is 16.9. The van der Waals surface area contributed by atoms with Crippen LogP contribution in [0.4, 0.5) is 0 Å². The van der Waals surface area contributed by atoms with Gasteiger partial charge in [0.1, 0.15) is 6.61 Å². The molecule has 0 aromatic rings. The molecule has 1 N–H and O–H groups in total. The maximum Gasteiger partial charge on any atom is 0.105 e. The Labute approximate surface area is 72.3 Å². The molecule has 0 bridgehead atoms. The molecule has 0 aliphatic heterocycles. The van der Waals surface area contributed by atoms with E-state index in [1.54, 1.807) is 0 Å². The van der Waals surface area contributed by atoms with Crippen LogP contribution in [0.15, 0.2) is 12.8 Å². The summed E-state index contributed by atoms with van der Waals surface area (Å²) in [4.78, 5) is 4.99. The summed E-state index contributed by atoms with van der Waals surface area (Å²) in [5.41, 5.74) is 0. The minimum atomic E-state index is 0.346. The first-order valence-corrected chi connectivity index (χ1v) is 4.14. The van der Waals surface area contributed by atoms with Crippen LogP contribution in [-0.4, -0.2) is 30.2 Å². The quantitative estimate of drug-likeness (QED) is 0.356. The van der Waals surface area contributed by atoms with Crippen LogP contribution in [0.1, 0.15) is 12.8 Å². The molecule has 0 amide bonds. The molecule has 0 radical (unpaired) electrons. The van der Waals surface area contributed by atoms with Gasteiger partial charge in [-0.3, -0.25) is 10.0 Å². The van der Waals surface area contributed by atoms with Crippen molar-refractivity contribution in [2.45, 2.75) is 12.8 Å². The van der Waals surface area contributed by atoms with E-state index >= 15 is 0 Å². The lowest BCUT2D eigenvalue weighted by Crippen LogP contribution is -2.24. The number of ether oxygens (including phenoxy) is 1. The number of rotatable bonds is 7. The molecule has 4 nitrogen and oxygen atoms in total. The van der Waals surface area contributed by atoms with E-state index < -0.39 is 0 Å². The summed E-state index contributed by atoms with van der Waals surface area (Å²) in [6.07, 6.45) is 3.78. The van der Waals surface area contributed by atoms with Crippen LogP contribution < -0.4 is 0 Å². The van der Waals surface area contributed by atoms with Crippen molar-refractivity contribution in [1.82, 2.24) is 5.23 Å². The highest BCUT2D eigenvalue weighted by Gasteiger charge is 2.22. The smallest absolute Gasteiger partial charge is 0.105 e. The maximum absolute atomic E-state index is 9.05. The van der Waals surface area contributed by atoms with E-state index in [-0.39, 0.29) is 0 Å². The molecule has 1 rings (SSSR count). The molecule has 12 heavy (non-hydrogen) atoms. The van der Waals surface area contributed by atoms with E-state index in [9.17, 15) is 0 Å². The number of nitrogens with zero attached hydrogens (tertiary/aromatic N) is 1. The molecule has 0 saturated heterocycles. The zero-order valence-corrected chi connectivity index (χ0v) is 7.11. The second-order valence-corrected chi connectivity index (χ2v) is 2.85. The lowest BCUT2D eigenvalue weighted by Gasteiger charge is -2.13. The maximum atomic E-state index is 9.05. The van der Waals surface area contributed by atoms with Crippen molar-refractivity contribution in [2.24, 2.45) is 5.92 Å². The largest absolute Gasteiger partial charge is 0.500 e. The average molecular weight is 173 g/mol. The second-order valence-electron chi connectivity index (χ2n) is 2.85. The minimum Gasteiger partial charge on any atom is -0.500 e. The molecule has 1 saturated carbocycles. The van der Waals surface area contributed by atoms with E-state index in [1.807, 2.05) is 0 Å². The summed E-state index contributed by atoms with van der Waals surface area (Å²) in [6.45, 7) is 4.73. The van der Waals surface area contributed by atoms with Gasteiger partial charge in [-0.1, -0.05) is 11.8 Å². The zero-order chi connectivity index (χ0) is 8.81. The van der Waals surface area contributed by atoms with Gasteiger partial charge in [0, 0.05) is 0 Å². The molecular formula is C8H15NO3. The Kier molecular flexibility index (Phi) is 4.07. The van der Waals surface area contributed by atoms with Crippen LogP contribution in [0.3, 0.4) is 0 Å². The first-order valence-electron chi connectivity index (χ1n) is 4.14. The first-order chi connectivity index (χ1) is 5.83. The van der Waals surface area contributed by atoms with Gasteiger partial charge in [-0.15, -0.1) is 0 Å². The molecule has 0 aromatic heterocycles. The lowest BCUT2D eigenvalue weighted by atomic mass is 10.5. The minimum absolute atomic E-state index is 0.346. The highest BCUT2D eigenvalue weighted by Crippen LogP contribution is 2.28. The highest BCUT2D eigenvalue weighted by molar-refractivity contribution is 4.71. The van der Waals surface area contributed by atoms with Crippen molar-refractivity contribution in [3.8, 4) is 0 Å². The normalized spacial score (nSPS) is 16.5. The van der Waals surface area contributed by atoms with Crippen LogP contribution in [0, 0.1) is 5.92 Å². The van der Waals surface area contributed by atoms with Crippen LogP contribution >= 0.6 is 0 Å². The SMILES string of the molecule is C=COCCN(O)OCC1CC1. The van der Waals surface area contributed by atoms with Gasteiger partial charge >= 0.3 is 0 Å². The molecule has 4 heteroatoms. The van der Waals surface area contributed by atoms with E-state index in [0.717, 1.165) is 5.23 Å². The molecular weight excluding hydrogens is 158 g/mol. The molecule has 0 atom stereocenters. The summed E-state index contributed by atoms with van der Waals surface area (Å²) in [6, 6.07) is 0. The molecule has 0 unspecified atom stereocenters. The Morgan fingerprint density at radius 3 is 2.92 bits per heavy atom. The fourth-order valence-corrected chi connectivity index (χ4v) is 0.755. The Hall–Kier alpha value is -0.580. The van der Waals surface area contributed by atoms with Gasteiger partial charge in [0.15, 0.2) is 0 Å². The molecule has 0 heterocycles. The summed E-state index contributed by atoms with van der Waals surface area (Å²) in [7, 11) is 0. The van der Waals surface area contributed by atoms with Gasteiger partial charge < -0.3 is 4.74 Å². The Morgan fingerprint density at radius 1 is 1.58 bits per heavy atom. The van der Waals surface area contributed by atoms with Crippen molar-refractivity contribution >= 4 is 0 Å². The van der Waals surface area contributed by atoms with Crippen molar-refractivity contribution in [2.75, 3.05) is 19.8 Å². The summed E-state index contributed by atoms with van der Waals surface area (Å²) in [5.74, 6) is 0.653. The van der Waals surface area contributed by atoms with E-state index in [0.29, 0.717) is 25.7 Å². The first kappa shape index (κ1) is 9.51. The Balaban J connectivity index is 1.87. The molecule has 1 aliphatic rings. The molecule has 0 aromatic carbocycles. The summed E-state index contributed by atoms with van der Waals surface area (Å²) < 4.78 is 4.81. The Morgan fingerprint density at radius 2 is 2.33 bits per heavy atom. The van der Waals surface area contributed by atoms with Gasteiger partial charge in [0.2, 0.25) is 0 Å². The van der Waals surface area contributed by atoms with Crippen molar-refractivity contribution in [3.05, 3.63) is 12.8 Å². The zero-order valence-electron chi connectivity index (χ0n) is 7.11. The van der Waals surface area contributed by atoms with Gasteiger partial charge in [0.05, 0.1) is 19.4 Å². The van der Waals surface area contributed by atoms with Crippen molar-refractivity contribution in [3.63, 3.8) is 0 Å². The van der Waals surface area contributed by atoms with Crippen molar-refractivity contribution in [1.29, 1.82) is 0 Å². The molecule has 1 aliphatic carbocycles. The number of hydrogen-bond donors (Lipinski definition) is 1.